The minimum atomic E-state index is -0.439. The first-order valence-corrected chi connectivity index (χ1v) is 11.1. The summed E-state index contributed by atoms with van der Waals surface area (Å²) in [5.41, 5.74) is 2.28. The van der Waals surface area contributed by atoms with Crippen molar-refractivity contribution in [1.82, 2.24) is 4.57 Å². The number of hydrogen-bond acceptors (Lipinski definition) is 6. The van der Waals surface area contributed by atoms with E-state index in [1.54, 1.807) is 23.0 Å². The van der Waals surface area contributed by atoms with Crippen molar-refractivity contribution in [3.05, 3.63) is 83.2 Å². The predicted molar refractivity (Wildman–Crippen MR) is 114 cm³/mol. The molecule has 3 heterocycles. The van der Waals surface area contributed by atoms with Gasteiger partial charge in [0, 0.05) is 16.9 Å². The molecule has 0 saturated carbocycles. The number of allylic oxidation sites excluding steroid dienone is 2. The first kappa shape index (κ1) is 18.3. The average molecular weight is 423 g/mol. The highest BCUT2D eigenvalue weighted by atomic mass is 32.1. The molecule has 1 atom stereocenters. The number of carbonyl (C=O) groups excluding carboxylic acids is 1. The summed E-state index contributed by atoms with van der Waals surface area (Å²) in [5, 5.41) is 1.99. The van der Waals surface area contributed by atoms with Gasteiger partial charge in [-0.3, -0.25) is 14.2 Å². The minimum Gasteiger partial charge on any atom is -0.497 e. The van der Waals surface area contributed by atoms with Crippen molar-refractivity contribution in [2.24, 2.45) is 4.99 Å². The fourth-order valence-electron chi connectivity index (χ4n) is 3.91. The van der Waals surface area contributed by atoms with Crippen LogP contribution in [0.15, 0.2) is 62.8 Å². The molecular weight excluding hydrogens is 404 g/mol. The zero-order valence-corrected chi connectivity index (χ0v) is 17.4. The van der Waals surface area contributed by atoms with Crippen molar-refractivity contribution in [2.75, 3.05) is 7.11 Å². The molecule has 1 aromatic carbocycles. The third kappa shape index (κ3) is 3.10. The summed E-state index contributed by atoms with van der Waals surface area (Å²) in [7, 11) is 1.62. The molecular formula is C22H18N2O3S2. The molecule has 2 aliphatic rings. The second-order valence-electron chi connectivity index (χ2n) is 7.01. The Morgan fingerprint density at radius 2 is 2.00 bits per heavy atom. The average Bonchev–Trinajstić information content (AvgIpc) is 3.35. The first-order valence-electron chi connectivity index (χ1n) is 9.41. The van der Waals surface area contributed by atoms with Crippen LogP contribution in [0.25, 0.3) is 6.08 Å². The van der Waals surface area contributed by atoms with Crippen LogP contribution in [0.4, 0.5) is 0 Å². The summed E-state index contributed by atoms with van der Waals surface area (Å²) in [6.07, 6.45) is 3.98. The van der Waals surface area contributed by atoms with Crippen molar-refractivity contribution in [3.8, 4) is 5.75 Å². The number of benzene rings is 1. The van der Waals surface area contributed by atoms with Gasteiger partial charge in [-0.15, -0.1) is 11.3 Å². The summed E-state index contributed by atoms with van der Waals surface area (Å²) in [5.74, 6) is 0.825. The number of ether oxygens (including phenoxy) is 1. The van der Waals surface area contributed by atoms with E-state index in [4.69, 9.17) is 9.73 Å². The molecule has 0 amide bonds. The Bertz CT molecular complexity index is 1300. The van der Waals surface area contributed by atoms with E-state index in [0.717, 1.165) is 34.7 Å². The van der Waals surface area contributed by atoms with E-state index in [1.807, 2.05) is 47.9 Å². The maximum absolute atomic E-state index is 13.4. The lowest BCUT2D eigenvalue weighted by molar-refractivity contribution is -0.116. The zero-order chi connectivity index (χ0) is 20.0. The van der Waals surface area contributed by atoms with Gasteiger partial charge >= 0.3 is 0 Å². The van der Waals surface area contributed by atoms with Crippen LogP contribution in [-0.4, -0.2) is 17.5 Å². The third-order valence-corrected chi connectivity index (χ3v) is 7.08. The molecule has 0 spiro atoms. The van der Waals surface area contributed by atoms with Crippen LogP contribution in [0.5, 0.6) is 5.75 Å². The highest BCUT2D eigenvalue weighted by molar-refractivity contribution is 7.11. The Balaban J connectivity index is 1.76. The number of rotatable bonds is 3. The largest absolute Gasteiger partial charge is 0.497 e. The monoisotopic (exact) mass is 422 g/mol. The topological polar surface area (TPSA) is 60.7 Å². The number of thiazole rings is 1. The second kappa shape index (κ2) is 7.24. The molecule has 29 heavy (non-hydrogen) atoms. The fourth-order valence-corrected chi connectivity index (χ4v) is 5.66. The van der Waals surface area contributed by atoms with Gasteiger partial charge in [0.05, 0.1) is 23.4 Å². The molecule has 5 rings (SSSR count). The van der Waals surface area contributed by atoms with E-state index >= 15 is 0 Å². The van der Waals surface area contributed by atoms with Crippen molar-refractivity contribution >= 4 is 34.5 Å². The van der Waals surface area contributed by atoms with Gasteiger partial charge in [0.1, 0.15) is 5.75 Å². The lowest BCUT2D eigenvalue weighted by atomic mass is 9.86. The highest BCUT2D eigenvalue weighted by Crippen LogP contribution is 2.36. The highest BCUT2D eigenvalue weighted by Gasteiger charge is 2.34. The molecule has 1 aliphatic heterocycles. The number of ketones is 1. The van der Waals surface area contributed by atoms with Crippen molar-refractivity contribution < 1.29 is 9.53 Å². The van der Waals surface area contributed by atoms with E-state index in [1.165, 1.54) is 11.3 Å². The fraction of sp³-hybridized carbons (Fsp3) is 0.227. The summed E-state index contributed by atoms with van der Waals surface area (Å²) in [4.78, 5) is 32.6. The molecule has 0 bridgehead atoms. The van der Waals surface area contributed by atoms with Crippen LogP contribution in [0.1, 0.15) is 35.7 Å². The van der Waals surface area contributed by atoms with Crippen LogP contribution in [0.2, 0.25) is 0 Å². The molecule has 0 N–H and O–H groups in total. The van der Waals surface area contributed by atoms with E-state index in [2.05, 4.69) is 0 Å². The van der Waals surface area contributed by atoms with E-state index in [0.29, 0.717) is 21.3 Å². The quantitative estimate of drug-likeness (QED) is 0.652. The Morgan fingerprint density at radius 1 is 1.17 bits per heavy atom. The van der Waals surface area contributed by atoms with E-state index in [9.17, 15) is 9.59 Å². The van der Waals surface area contributed by atoms with Crippen molar-refractivity contribution in [2.45, 2.75) is 25.3 Å². The number of thiophene rings is 1. The van der Waals surface area contributed by atoms with Crippen LogP contribution < -0.4 is 19.6 Å². The third-order valence-electron chi connectivity index (χ3n) is 5.28. The van der Waals surface area contributed by atoms with Gasteiger partial charge in [0.25, 0.3) is 5.56 Å². The Morgan fingerprint density at radius 3 is 2.72 bits per heavy atom. The van der Waals surface area contributed by atoms with Gasteiger partial charge < -0.3 is 4.74 Å². The maximum Gasteiger partial charge on any atom is 0.271 e. The second-order valence-corrected chi connectivity index (χ2v) is 9.00. The van der Waals surface area contributed by atoms with Crippen molar-refractivity contribution in [1.29, 1.82) is 0 Å². The minimum absolute atomic E-state index is 0.0864. The smallest absolute Gasteiger partial charge is 0.271 e. The summed E-state index contributed by atoms with van der Waals surface area (Å²) >= 11 is 2.98. The number of aromatic nitrogens is 1. The number of fused-ring (bicyclic) bond motifs is 1. The number of methoxy groups -OCH3 is 1. The van der Waals surface area contributed by atoms with Gasteiger partial charge in [-0.1, -0.05) is 29.5 Å². The van der Waals surface area contributed by atoms with Gasteiger partial charge in [-0.2, -0.15) is 0 Å². The molecule has 5 nitrogen and oxygen atoms in total. The molecule has 0 saturated heterocycles. The summed E-state index contributed by atoms with van der Waals surface area (Å²) in [6.45, 7) is 0. The normalized spacial score (nSPS) is 19.0. The van der Waals surface area contributed by atoms with Crippen LogP contribution in [0.3, 0.4) is 0 Å². The molecule has 3 aromatic rings. The maximum atomic E-state index is 13.4. The van der Waals surface area contributed by atoms with Crippen molar-refractivity contribution in [3.63, 3.8) is 0 Å². The molecule has 0 fully saturated rings. The van der Waals surface area contributed by atoms with Crippen LogP contribution in [0, 0.1) is 0 Å². The number of hydrogen-bond donors (Lipinski definition) is 0. The summed E-state index contributed by atoms with van der Waals surface area (Å²) in [6, 6.07) is 11.1. The zero-order valence-electron chi connectivity index (χ0n) is 15.8. The predicted octanol–water partition coefficient (Wildman–Crippen LogP) is 3.04. The lowest BCUT2D eigenvalue weighted by Gasteiger charge is -2.28. The van der Waals surface area contributed by atoms with Crippen LogP contribution in [-0.2, 0) is 4.79 Å². The van der Waals surface area contributed by atoms with Gasteiger partial charge in [0.2, 0.25) is 0 Å². The molecule has 0 radical (unpaired) electrons. The van der Waals surface area contributed by atoms with Gasteiger partial charge in [-0.05, 0) is 48.1 Å². The molecule has 1 aliphatic carbocycles. The molecule has 146 valence electrons. The number of Topliss-reactive ketones (excluding diaryl/α,β-unsaturated/α-hetero) is 1. The Labute approximate surface area is 174 Å². The number of nitrogens with zero attached hydrogens (tertiary/aromatic N) is 2. The molecule has 0 unspecified atom stereocenters. The summed E-state index contributed by atoms with van der Waals surface area (Å²) < 4.78 is 7.60. The van der Waals surface area contributed by atoms with Gasteiger partial charge in [-0.25, -0.2) is 4.99 Å². The lowest BCUT2D eigenvalue weighted by Crippen LogP contribution is -2.40. The first-order chi connectivity index (χ1) is 14.2. The van der Waals surface area contributed by atoms with Gasteiger partial charge in [0.15, 0.2) is 10.6 Å². The SMILES string of the molecule is COc1ccc([C@H]2C3=C(CCCC3=O)N=c3s/c(=C\c4cccs4)c(=O)n32)cc1. The Kier molecular flexibility index (Phi) is 4.56. The van der Waals surface area contributed by atoms with E-state index in [-0.39, 0.29) is 11.3 Å². The number of carbonyl (C=O) groups is 1. The standard InChI is InChI=1S/C22H18N2O3S2/c1-27-14-9-7-13(8-10-14)20-19-16(5-2-6-17(19)25)23-22-24(20)21(26)18(29-22)12-15-4-3-11-28-15/h3-4,7-12,20H,2,5-6H2,1H3/b18-12-/t20-/m0/s1. The molecule has 7 heteroatoms. The van der Waals surface area contributed by atoms with Crippen LogP contribution >= 0.6 is 22.7 Å². The van der Waals surface area contributed by atoms with E-state index < -0.39 is 6.04 Å². The Hall–Kier alpha value is -2.77. The molecule has 2 aromatic heterocycles.